The molecule has 0 radical (unpaired) electrons. The van der Waals surface area contributed by atoms with Gasteiger partial charge in [0.25, 0.3) is 0 Å². The van der Waals surface area contributed by atoms with Crippen LogP contribution >= 0.6 is 11.6 Å². The highest BCUT2D eigenvalue weighted by atomic mass is 35.5. The Kier molecular flexibility index (Phi) is 1.58. The zero-order valence-electron chi connectivity index (χ0n) is 13.2. The largest absolute Gasteiger partial charge is 0.489 e. The molecule has 1 aromatic rings. The normalized spacial score (nSPS) is 21.2. The number of ether oxygens (including phenoxy) is 2. The van der Waals surface area contributed by atoms with Crippen LogP contribution in [0.15, 0.2) is 12.3 Å². The predicted octanol–water partition coefficient (Wildman–Crippen LogP) is 1.90. The molecule has 1 heterocycles. The van der Waals surface area contributed by atoms with E-state index in [0.717, 1.165) is 6.20 Å². The van der Waals surface area contributed by atoms with Gasteiger partial charge in [0.15, 0.2) is 11.0 Å². The molecule has 1 aromatic heterocycles. The van der Waals surface area contributed by atoms with Gasteiger partial charge >= 0.3 is 0 Å². The maximum absolute atomic E-state index is 13.1. The SMILES string of the molecule is [2H]C([2H])([2H])OC([2H])([2H])C([2H])([2H])Oc1cnc(Cl)c(F)c1. The van der Waals surface area contributed by atoms with Gasteiger partial charge in [-0.15, -0.1) is 0 Å². The summed E-state index contributed by atoms with van der Waals surface area (Å²) in [5, 5.41) is -0.473. The number of rotatable bonds is 4. The molecule has 1 rings (SSSR count). The number of aromatic nitrogens is 1. The minimum absolute atomic E-state index is 0.473. The fourth-order valence-corrected chi connectivity index (χ4v) is 0.663. The van der Waals surface area contributed by atoms with E-state index in [4.69, 9.17) is 21.2 Å². The fourth-order valence-electron chi connectivity index (χ4n) is 0.560. The van der Waals surface area contributed by atoms with Crippen LogP contribution in [0.3, 0.4) is 0 Å². The Morgan fingerprint density at radius 2 is 2.62 bits per heavy atom. The first kappa shape index (κ1) is 4.11. The van der Waals surface area contributed by atoms with Gasteiger partial charge in [0.1, 0.15) is 12.3 Å². The number of pyridine rings is 1. The molecular weight excluding hydrogens is 197 g/mol. The van der Waals surface area contributed by atoms with Gasteiger partial charge < -0.3 is 9.47 Å². The van der Waals surface area contributed by atoms with Crippen LogP contribution in [-0.4, -0.2) is 25.1 Å². The highest BCUT2D eigenvalue weighted by molar-refractivity contribution is 6.29. The molecule has 0 saturated heterocycles. The van der Waals surface area contributed by atoms with Gasteiger partial charge in [0.2, 0.25) is 0 Å². The molecule has 5 heteroatoms. The van der Waals surface area contributed by atoms with Crippen molar-refractivity contribution in [3.63, 3.8) is 0 Å². The molecule has 0 saturated carbocycles. The average Bonchev–Trinajstić information content (AvgIpc) is 2.19. The summed E-state index contributed by atoms with van der Waals surface area (Å²) in [6.07, 6.45) is 0.856. The van der Waals surface area contributed by atoms with E-state index in [1.165, 1.54) is 0 Å². The maximum atomic E-state index is 13.1. The first-order chi connectivity index (χ1) is 8.84. The number of methoxy groups -OCH3 is 1. The second-order valence-corrected chi connectivity index (χ2v) is 2.21. The monoisotopic (exact) mass is 212 g/mol. The maximum Gasteiger partial charge on any atom is 0.164 e. The average molecular weight is 213 g/mol. The van der Waals surface area contributed by atoms with Crippen molar-refractivity contribution < 1.29 is 23.5 Å². The lowest BCUT2D eigenvalue weighted by molar-refractivity contribution is 0.146. The fraction of sp³-hybridized carbons (Fsp3) is 0.375. The molecule has 0 unspecified atom stereocenters. The Morgan fingerprint density at radius 3 is 3.31 bits per heavy atom. The van der Waals surface area contributed by atoms with E-state index in [1.807, 2.05) is 0 Å². The van der Waals surface area contributed by atoms with Crippen LogP contribution < -0.4 is 4.74 Å². The molecule has 0 aliphatic carbocycles. The smallest absolute Gasteiger partial charge is 0.164 e. The van der Waals surface area contributed by atoms with Gasteiger partial charge in [-0.05, 0) is 0 Å². The molecule has 72 valence electrons. The third kappa shape index (κ3) is 3.16. The Hall–Kier alpha value is -0.870. The van der Waals surface area contributed by atoms with Crippen LogP contribution in [0, 0.1) is 5.82 Å². The third-order valence-corrected chi connectivity index (χ3v) is 1.31. The molecule has 3 nitrogen and oxygen atoms in total. The van der Waals surface area contributed by atoms with Crippen molar-refractivity contribution in [2.75, 3.05) is 20.2 Å². The molecular formula is C8H9ClFNO2. The van der Waals surface area contributed by atoms with Crippen molar-refractivity contribution in [3.05, 3.63) is 23.2 Å². The van der Waals surface area contributed by atoms with E-state index in [0.29, 0.717) is 6.07 Å². The van der Waals surface area contributed by atoms with Crippen molar-refractivity contribution in [3.8, 4) is 5.75 Å². The van der Waals surface area contributed by atoms with E-state index >= 15 is 0 Å². The van der Waals surface area contributed by atoms with Crippen LogP contribution in [0.1, 0.15) is 9.60 Å². The van der Waals surface area contributed by atoms with Crippen LogP contribution in [0.4, 0.5) is 4.39 Å². The molecule has 0 aliphatic heterocycles. The van der Waals surface area contributed by atoms with Gasteiger partial charge in [-0.25, -0.2) is 9.37 Å². The summed E-state index contributed by atoms with van der Waals surface area (Å²) in [6, 6.07) is 0.679. The summed E-state index contributed by atoms with van der Waals surface area (Å²) >= 11 is 5.32. The molecule has 0 aliphatic rings. The molecule has 0 spiro atoms. The lowest BCUT2D eigenvalue weighted by Crippen LogP contribution is -2.04. The number of nitrogens with zero attached hydrogens (tertiary/aromatic N) is 1. The van der Waals surface area contributed by atoms with Crippen molar-refractivity contribution in [2.24, 2.45) is 0 Å². The topological polar surface area (TPSA) is 31.4 Å². The van der Waals surface area contributed by atoms with E-state index in [2.05, 4.69) is 14.5 Å². The van der Waals surface area contributed by atoms with E-state index in [9.17, 15) is 4.39 Å². The molecule has 0 amide bonds. The third-order valence-electron chi connectivity index (χ3n) is 1.03. The van der Waals surface area contributed by atoms with Crippen LogP contribution in [0.2, 0.25) is 5.15 Å². The highest BCUT2D eigenvalue weighted by Crippen LogP contribution is 2.16. The number of hydrogen-bond donors (Lipinski definition) is 0. The van der Waals surface area contributed by atoms with Crippen molar-refractivity contribution >= 4 is 11.6 Å². The first-order valence-corrected chi connectivity index (χ1v) is 3.42. The van der Waals surface area contributed by atoms with Crippen molar-refractivity contribution in [1.82, 2.24) is 4.98 Å². The van der Waals surface area contributed by atoms with Crippen molar-refractivity contribution in [2.45, 2.75) is 0 Å². The van der Waals surface area contributed by atoms with Crippen LogP contribution in [0.25, 0.3) is 0 Å². The standard InChI is InChI=1S/C8H9ClFNO2/c1-12-2-3-13-6-4-7(10)8(9)11-5-6/h4-5H,2-3H2,1H3/i1D3,2D2,3D2. The van der Waals surface area contributed by atoms with E-state index in [-0.39, 0.29) is 0 Å². The Balaban J connectivity index is 2.95. The predicted molar refractivity (Wildman–Crippen MR) is 46.6 cm³/mol. The Labute approximate surface area is 90.3 Å². The van der Waals surface area contributed by atoms with Gasteiger partial charge in [-0.3, -0.25) is 0 Å². The minimum atomic E-state index is -3.31. The summed E-state index contributed by atoms with van der Waals surface area (Å²) in [5.41, 5.74) is 0. The zero-order valence-corrected chi connectivity index (χ0v) is 6.93. The number of hydrogen-bond acceptors (Lipinski definition) is 3. The van der Waals surface area contributed by atoms with Gasteiger partial charge in [0.05, 0.1) is 22.4 Å². The molecule has 0 N–H and O–H groups in total. The second-order valence-electron chi connectivity index (χ2n) is 1.85. The van der Waals surface area contributed by atoms with Gasteiger partial charge in [-0.1, -0.05) is 11.6 Å². The number of halogens is 2. The molecule has 0 aromatic carbocycles. The van der Waals surface area contributed by atoms with Gasteiger partial charge in [0, 0.05) is 13.1 Å². The zero-order chi connectivity index (χ0) is 15.8. The lowest BCUT2D eigenvalue weighted by Gasteiger charge is -2.04. The quantitative estimate of drug-likeness (QED) is 0.715. The molecule has 0 atom stereocenters. The lowest BCUT2D eigenvalue weighted by atomic mass is 10.4. The van der Waals surface area contributed by atoms with Crippen LogP contribution in [0.5, 0.6) is 5.75 Å². The second kappa shape index (κ2) is 4.99. The van der Waals surface area contributed by atoms with E-state index in [1.54, 1.807) is 0 Å². The molecule has 0 fully saturated rings. The molecule has 13 heavy (non-hydrogen) atoms. The van der Waals surface area contributed by atoms with E-state index < -0.39 is 36.9 Å². The van der Waals surface area contributed by atoms with Gasteiger partial charge in [-0.2, -0.15) is 0 Å². The summed E-state index contributed by atoms with van der Waals surface area (Å²) < 4.78 is 71.3. The highest BCUT2D eigenvalue weighted by Gasteiger charge is 2.02. The summed E-state index contributed by atoms with van der Waals surface area (Å²) in [4.78, 5) is 3.34. The minimum Gasteiger partial charge on any atom is -0.489 e. The van der Waals surface area contributed by atoms with Crippen LogP contribution in [-0.2, 0) is 4.74 Å². The summed E-state index contributed by atoms with van der Waals surface area (Å²) in [5.74, 6) is -1.48. The summed E-state index contributed by atoms with van der Waals surface area (Å²) in [7, 11) is -3.18. The Morgan fingerprint density at radius 1 is 1.77 bits per heavy atom. The van der Waals surface area contributed by atoms with Crippen molar-refractivity contribution in [1.29, 1.82) is 0 Å². The first-order valence-electron chi connectivity index (χ1n) is 6.54. The molecule has 0 bridgehead atoms. The summed E-state index contributed by atoms with van der Waals surface area (Å²) in [6.45, 7) is -6.52. The Bertz CT molecular complexity index is 496.